The van der Waals surface area contributed by atoms with E-state index in [2.05, 4.69) is 5.32 Å². The molecule has 2 aliphatic heterocycles. The molecular weight excluding hydrogens is 334 g/mol. The largest absolute Gasteiger partial charge is 0.480 e. The fraction of sp³-hybridized carbons (Fsp3) is 0.474. The molecule has 4 unspecified atom stereocenters. The van der Waals surface area contributed by atoms with Crippen LogP contribution in [0.5, 0.6) is 0 Å². The minimum absolute atomic E-state index is 0.362. The van der Waals surface area contributed by atoms with Crippen molar-refractivity contribution in [2.24, 2.45) is 11.8 Å². The molecule has 3 rings (SSSR count). The van der Waals surface area contributed by atoms with Gasteiger partial charge >= 0.3 is 5.97 Å². The molecule has 2 N–H and O–H groups in total. The van der Waals surface area contributed by atoms with Crippen LogP contribution in [-0.2, 0) is 14.4 Å². The Morgan fingerprint density at radius 3 is 2.27 bits per heavy atom. The summed E-state index contributed by atoms with van der Waals surface area (Å²) in [5.74, 6) is -3.76. The molecule has 0 radical (unpaired) electrons. The number of rotatable bonds is 2. The van der Waals surface area contributed by atoms with Crippen LogP contribution in [0.2, 0.25) is 0 Å². The second-order valence-electron chi connectivity index (χ2n) is 8.05. The minimum atomic E-state index is -1.55. The van der Waals surface area contributed by atoms with Gasteiger partial charge in [-0.1, -0.05) is 12.1 Å². The molecule has 2 amide bonds. The lowest BCUT2D eigenvalue weighted by Gasteiger charge is -2.33. The highest BCUT2D eigenvalue weighted by Crippen LogP contribution is 2.50. The summed E-state index contributed by atoms with van der Waals surface area (Å²) in [6.07, 6.45) is 0. The van der Waals surface area contributed by atoms with Gasteiger partial charge in [0.15, 0.2) is 0 Å². The highest BCUT2D eigenvalue weighted by Gasteiger charge is 2.67. The van der Waals surface area contributed by atoms with Crippen LogP contribution in [0.15, 0.2) is 24.3 Å². The van der Waals surface area contributed by atoms with Crippen LogP contribution in [0.4, 0.5) is 0 Å². The normalized spacial score (nSPS) is 31.0. The molecule has 0 aromatic heterocycles. The first-order chi connectivity index (χ1) is 12.0. The molecule has 26 heavy (non-hydrogen) atoms. The van der Waals surface area contributed by atoms with Crippen LogP contribution in [0.25, 0.3) is 0 Å². The number of imide groups is 1. The van der Waals surface area contributed by atoms with Gasteiger partial charge in [0, 0.05) is 11.6 Å². The van der Waals surface area contributed by atoms with Gasteiger partial charge in [-0.05, 0) is 45.4 Å². The van der Waals surface area contributed by atoms with E-state index in [-0.39, 0.29) is 5.91 Å². The van der Waals surface area contributed by atoms with Gasteiger partial charge in [-0.15, -0.1) is 0 Å². The Balaban J connectivity index is 2.11. The van der Waals surface area contributed by atoms with Gasteiger partial charge in [-0.3, -0.25) is 24.6 Å². The van der Waals surface area contributed by atoms with E-state index >= 15 is 0 Å². The summed E-state index contributed by atoms with van der Waals surface area (Å²) in [6, 6.07) is 8.03. The second-order valence-corrected chi connectivity index (χ2v) is 8.05. The molecule has 136 valence electrons. The fourth-order valence-corrected chi connectivity index (χ4v) is 4.05. The van der Waals surface area contributed by atoms with Gasteiger partial charge in [0.2, 0.25) is 11.8 Å². The van der Waals surface area contributed by atoms with E-state index in [1.165, 1.54) is 11.8 Å². The number of carboxylic acids is 1. The Bertz CT molecular complexity index is 834. The van der Waals surface area contributed by atoms with Crippen molar-refractivity contribution >= 4 is 17.8 Å². The third-order valence-electron chi connectivity index (χ3n) is 5.30. The zero-order chi connectivity index (χ0) is 19.4. The summed E-state index contributed by atoms with van der Waals surface area (Å²) in [5.41, 5.74) is -1.13. The first-order valence-corrected chi connectivity index (χ1v) is 8.41. The Morgan fingerprint density at radius 2 is 1.81 bits per heavy atom. The molecule has 7 nitrogen and oxygen atoms in total. The molecule has 2 saturated heterocycles. The molecule has 0 saturated carbocycles. The first kappa shape index (κ1) is 18.1. The van der Waals surface area contributed by atoms with E-state index in [1.54, 1.807) is 45.0 Å². The smallest absolute Gasteiger partial charge is 0.324 e. The van der Waals surface area contributed by atoms with Crippen LogP contribution in [0.3, 0.4) is 0 Å². The number of benzene rings is 1. The first-order valence-electron chi connectivity index (χ1n) is 8.41. The lowest BCUT2D eigenvalue weighted by Crippen LogP contribution is -2.55. The zero-order valence-electron chi connectivity index (χ0n) is 15.1. The van der Waals surface area contributed by atoms with E-state index in [0.717, 1.165) is 0 Å². The Labute approximate surface area is 151 Å². The maximum atomic E-state index is 13.1. The van der Waals surface area contributed by atoms with Crippen molar-refractivity contribution in [3.63, 3.8) is 0 Å². The monoisotopic (exact) mass is 355 g/mol. The molecule has 0 spiro atoms. The van der Waals surface area contributed by atoms with E-state index in [4.69, 9.17) is 5.26 Å². The zero-order valence-corrected chi connectivity index (χ0v) is 15.1. The third kappa shape index (κ3) is 2.41. The number of hydrogen-bond donors (Lipinski definition) is 2. The number of nitrogens with zero attached hydrogens (tertiary/aromatic N) is 2. The number of carboxylic acid groups (broad SMARTS) is 1. The van der Waals surface area contributed by atoms with E-state index in [1.807, 2.05) is 6.07 Å². The van der Waals surface area contributed by atoms with Gasteiger partial charge in [-0.2, -0.15) is 5.26 Å². The molecule has 1 aromatic carbocycles. The SMILES string of the molecule is CC1(C(=O)O)NC(c2ccc(C#N)cc2)C2C(=O)N(C(C)(C)C)C(=O)C21. The lowest BCUT2D eigenvalue weighted by atomic mass is 9.80. The number of aliphatic carboxylic acids is 1. The molecule has 2 fully saturated rings. The average Bonchev–Trinajstić information content (AvgIpc) is 3.02. The van der Waals surface area contributed by atoms with Crippen molar-refractivity contribution in [1.29, 1.82) is 5.26 Å². The van der Waals surface area contributed by atoms with Crippen LogP contribution in [0.1, 0.15) is 44.9 Å². The maximum Gasteiger partial charge on any atom is 0.324 e. The third-order valence-corrected chi connectivity index (χ3v) is 5.30. The fourth-order valence-electron chi connectivity index (χ4n) is 4.05. The summed E-state index contributed by atoms with van der Waals surface area (Å²) < 4.78 is 0. The summed E-state index contributed by atoms with van der Waals surface area (Å²) >= 11 is 0. The van der Waals surface area contributed by atoms with Crippen LogP contribution < -0.4 is 5.32 Å². The number of fused-ring (bicyclic) bond motifs is 1. The minimum Gasteiger partial charge on any atom is -0.480 e. The summed E-state index contributed by atoms with van der Waals surface area (Å²) in [5, 5.41) is 21.7. The van der Waals surface area contributed by atoms with Gasteiger partial charge in [0.1, 0.15) is 5.54 Å². The Hall–Kier alpha value is -2.72. The number of likely N-dealkylation sites (tertiary alicyclic amines) is 1. The van der Waals surface area contributed by atoms with Crippen molar-refractivity contribution in [1.82, 2.24) is 10.2 Å². The van der Waals surface area contributed by atoms with Crippen molar-refractivity contribution in [2.45, 2.75) is 44.8 Å². The van der Waals surface area contributed by atoms with Gasteiger partial charge in [0.05, 0.1) is 23.5 Å². The number of nitriles is 1. The predicted octanol–water partition coefficient (Wildman–Crippen LogP) is 1.45. The lowest BCUT2D eigenvalue weighted by molar-refractivity contribution is -0.152. The van der Waals surface area contributed by atoms with Crippen molar-refractivity contribution in [3.8, 4) is 6.07 Å². The summed E-state index contributed by atoms with van der Waals surface area (Å²) in [7, 11) is 0. The highest BCUT2D eigenvalue weighted by atomic mass is 16.4. The number of nitrogens with one attached hydrogen (secondary N) is 1. The number of carbonyl (C=O) groups is 3. The van der Waals surface area contributed by atoms with Crippen molar-refractivity contribution in [3.05, 3.63) is 35.4 Å². The summed E-state index contributed by atoms with van der Waals surface area (Å²) in [4.78, 5) is 39.2. The number of carbonyl (C=O) groups excluding carboxylic acids is 2. The van der Waals surface area contributed by atoms with Crippen molar-refractivity contribution < 1.29 is 19.5 Å². The Kier molecular flexibility index (Phi) is 3.93. The average molecular weight is 355 g/mol. The summed E-state index contributed by atoms with van der Waals surface area (Å²) in [6.45, 7) is 6.72. The van der Waals surface area contributed by atoms with Crippen LogP contribution in [0, 0.1) is 23.2 Å². The van der Waals surface area contributed by atoms with Gasteiger partial charge in [-0.25, -0.2) is 0 Å². The second kappa shape index (κ2) is 5.64. The van der Waals surface area contributed by atoms with Gasteiger partial charge < -0.3 is 5.11 Å². The molecule has 4 atom stereocenters. The van der Waals surface area contributed by atoms with Crippen LogP contribution in [-0.4, -0.2) is 38.9 Å². The predicted molar refractivity (Wildman–Crippen MR) is 91.7 cm³/mol. The van der Waals surface area contributed by atoms with E-state index in [9.17, 15) is 19.5 Å². The standard InChI is InChI=1S/C19H21N3O4/c1-18(2,3)22-15(23)12-13(16(22)24)19(4,17(25)26)21-14(12)11-7-5-10(9-20)6-8-11/h5-8,12-14,21H,1-4H3,(H,25,26). The number of amides is 2. The molecule has 2 aliphatic rings. The molecule has 7 heteroatoms. The highest BCUT2D eigenvalue weighted by molar-refractivity contribution is 6.09. The molecule has 0 bridgehead atoms. The topological polar surface area (TPSA) is 110 Å². The molecule has 0 aliphatic carbocycles. The molecule has 2 heterocycles. The van der Waals surface area contributed by atoms with E-state index < -0.39 is 40.8 Å². The number of hydrogen-bond acceptors (Lipinski definition) is 5. The molecular formula is C19H21N3O4. The van der Waals surface area contributed by atoms with Crippen molar-refractivity contribution in [2.75, 3.05) is 0 Å². The molecule has 1 aromatic rings. The Morgan fingerprint density at radius 1 is 1.23 bits per heavy atom. The van der Waals surface area contributed by atoms with E-state index in [0.29, 0.717) is 11.1 Å². The maximum absolute atomic E-state index is 13.1. The quantitative estimate of drug-likeness (QED) is 0.777. The van der Waals surface area contributed by atoms with Gasteiger partial charge in [0.25, 0.3) is 0 Å². The van der Waals surface area contributed by atoms with Crippen LogP contribution >= 0.6 is 0 Å².